The first kappa shape index (κ1) is 11.1. The van der Waals surface area contributed by atoms with E-state index in [-0.39, 0.29) is 12.2 Å². The van der Waals surface area contributed by atoms with Gasteiger partial charge in [0.05, 0.1) is 6.10 Å². The Balaban J connectivity index is 1.99. The summed E-state index contributed by atoms with van der Waals surface area (Å²) in [5.41, 5.74) is 0.636. The third-order valence-electron chi connectivity index (χ3n) is 2.97. The molecule has 1 N–H and O–H groups in total. The molecule has 0 spiro atoms. The molecule has 3 heteroatoms. The van der Waals surface area contributed by atoms with Crippen LogP contribution < -0.4 is 4.74 Å². The van der Waals surface area contributed by atoms with E-state index < -0.39 is 0 Å². The largest absolute Gasteiger partial charge is 0.488 e. The molecular weight excluding hydrogens is 204 g/mol. The van der Waals surface area contributed by atoms with Crippen LogP contribution in [-0.4, -0.2) is 23.6 Å². The molecule has 0 unspecified atom stereocenters. The van der Waals surface area contributed by atoms with Crippen LogP contribution in [0.15, 0.2) is 24.3 Å². The second kappa shape index (κ2) is 5.12. The summed E-state index contributed by atoms with van der Waals surface area (Å²) in [6, 6.07) is 6.98. The predicted molar refractivity (Wildman–Crippen MR) is 60.7 cm³/mol. The standard InChI is InChI=1S/C13H16O3/c14-9-10-5-7-11(8-6-10)16-13-4-2-1-3-12(13)15/h5-9,12-13,15H,1-4H2/t12-,13-/m0/s1. The molecule has 86 valence electrons. The lowest BCUT2D eigenvalue weighted by atomic mass is 9.95. The number of hydrogen-bond acceptors (Lipinski definition) is 3. The zero-order chi connectivity index (χ0) is 11.4. The van der Waals surface area contributed by atoms with Crippen LogP contribution in [0.1, 0.15) is 36.0 Å². The van der Waals surface area contributed by atoms with Gasteiger partial charge in [-0.05, 0) is 43.5 Å². The van der Waals surface area contributed by atoms with Crippen molar-refractivity contribution in [3.05, 3.63) is 29.8 Å². The van der Waals surface area contributed by atoms with E-state index >= 15 is 0 Å². The van der Waals surface area contributed by atoms with E-state index in [0.29, 0.717) is 5.56 Å². The van der Waals surface area contributed by atoms with Crippen molar-refractivity contribution in [2.45, 2.75) is 37.9 Å². The lowest BCUT2D eigenvalue weighted by molar-refractivity contribution is 0.00687. The number of aliphatic hydroxyl groups excluding tert-OH is 1. The Morgan fingerprint density at radius 1 is 1.19 bits per heavy atom. The molecule has 16 heavy (non-hydrogen) atoms. The highest BCUT2D eigenvalue weighted by atomic mass is 16.5. The van der Waals surface area contributed by atoms with E-state index in [2.05, 4.69) is 0 Å². The van der Waals surface area contributed by atoms with E-state index in [1.54, 1.807) is 24.3 Å². The fraction of sp³-hybridized carbons (Fsp3) is 0.462. The van der Waals surface area contributed by atoms with Crippen molar-refractivity contribution in [3.8, 4) is 5.75 Å². The third kappa shape index (κ3) is 2.61. The molecule has 0 heterocycles. The van der Waals surface area contributed by atoms with Crippen LogP contribution in [-0.2, 0) is 0 Å². The van der Waals surface area contributed by atoms with Crippen molar-refractivity contribution < 1.29 is 14.6 Å². The average molecular weight is 220 g/mol. The zero-order valence-electron chi connectivity index (χ0n) is 9.13. The Morgan fingerprint density at radius 3 is 2.50 bits per heavy atom. The first-order valence-corrected chi connectivity index (χ1v) is 5.69. The molecule has 0 bridgehead atoms. The molecule has 0 aromatic heterocycles. The summed E-state index contributed by atoms with van der Waals surface area (Å²) in [4.78, 5) is 10.5. The van der Waals surface area contributed by atoms with Gasteiger partial charge < -0.3 is 9.84 Å². The van der Waals surface area contributed by atoms with Crippen molar-refractivity contribution in [3.63, 3.8) is 0 Å². The van der Waals surface area contributed by atoms with E-state index in [0.717, 1.165) is 37.7 Å². The summed E-state index contributed by atoms with van der Waals surface area (Å²) in [5, 5.41) is 9.75. The molecular formula is C13H16O3. The fourth-order valence-electron chi connectivity index (χ4n) is 2.01. The van der Waals surface area contributed by atoms with E-state index in [4.69, 9.17) is 4.74 Å². The highest BCUT2D eigenvalue weighted by molar-refractivity contribution is 5.74. The topological polar surface area (TPSA) is 46.5 Å². The minimum absolute atomic E-state index is 0.101. The van der Waals surface area contributed by atoms with Gasteiger partial charge in [0.1, 0.15) is 18.1 Å². The number of ether oxygens (including phenoxy) is 1. The van der Waals surface area contributed by atoms with Gasteiger partial charge in [-0.2, -0.15) is 0 Å². The van der Waals surface area contributed by atoms with Gasteiger partial charge >= 0.3 is 0 Å². The molecule has 0 radical (unpaired) electrons. The lowest BCUT2D eigenvalue weighted by Gasteiger charge is -2.28. The first-order chi connectivity index (χ1) is 7.79. The minimum Gasteiger partial charge on any atom is -0.488 e. The molecule has 1 aliphatic rings. The van der Waals surface area contributed by atoms with Crippen LogP contribution in [0.3, 0.4) is 0 Å². The van der Waals surface area contributed by atoms with E-state index in [1.165, 1.54) is 0 Å². The van der Waals surface area contributed by atoms with Gasteiger partial charge in [-0.3, -0.25) is 4.79 Å². The first-order valence-electron chi connectivity index (χ1n) is 5.69. The highest BCUT2D eigenvalue weighted by Crippen LogP contribution is 2.23. The fourth-order valence-corrected chi connectivity index (χ4v) is 2.01. The monoisotopic (exact) mass is 220 g/mol. The van der Waals surface area contributed by atoms with Crippen molar-refractivity contribution in [2.24, 2.45) is 0 Å². The Bertz CT molecular complexity index is 345. The SMILES string of the molecule is O=Cc1ccc(O[C@H]2CCCC[C@@H]2O)cc1. The Kier molecular flexibility index (Phi) is 3.57. The molecule has 1 saturated carbocycles. The quantitative estimate of drug-likeness (QED) is 0.794. The number of carbonyl (C=O) groups excluding carboxylic acids is 1. The summed E-state index contributed by atoms with van der Waals surface area (Å²) in [7, 11) is 0. The third-order valence-corrected chi connectivity index (χ3v) is 2.97. The van der Waals surface area contributed by atoms with Crippen molar-refractivity contribution in [1.82, 2.24) is 0 Å². The average Bonchev–Trinajstić information content (AvgIpc) is 2.33. The minimum atomic E-state index is -0.362. The molecule has 1 aromatic rings. The summed E-state index contributed by atoms with van der Waals surface area (Å²) >= 11 is 0. The molecule has 1 aliphatic carbocycles. The van der Waals surface area contributed by atoms with Crippen LogP contribution in [0.25, 0.3) is 0 Å². The maximum absolute atomic E-state index is 10.5. The van der Waals surface area contributed by atoms with Gasteiger partial charge in [0.2, 0.25) is 0 Å². The molecule has 0 aliphatic heterocycles. The second-order valence-electron chi connectivity index (χ2n) is 4.19. The summed E-state index contributed by atoms with van der Waals surface area (Å²) < 4.78 is 5.70. The van der Waals surface area contributed by atoms with Gasteiger partial charge in [-0.15, -0.1) is 0 Å². The zero-order valence-corrected chi connectivity index (χ0v) is 9.13. The normalized spacial score (nSPS) is 25.1. The predicted octanol–water partition coefficient (Wildman–Crippen LogP) is 2.18. The number of aldehydes is 1. The van der Waals surface area contributed by atoms with Gasteiger partial charge in [0, 0.05) is 5.56 Å². The van der Waals surface area contributed by atoms with E-state index in [1.807, 2.05) is 0 Å². The van der Waals surface area contributed by atoms with Crippen LogP contribution in [0.4, 0.5) is 0 Å². The van der Waals surface area contributed by atoms with Crippen LogP contribution in [0.2, 0.25) is 0 Å². The van der Waals surface area contributed by atoms with Crippen LogP contribution in [0, 0.1) is 0 Å². The number of rotatable bonds is 3. The van der Waals surface area contributed by atoms with Crippen LogP contribution >= 0.6 is 0 Å². The van der Waals surface area contributed by atoms with Gasteiger partial charge in [-0.25, -0.2) is 0 Å². The molecule has 2 rings (SSSR count). The summed E-state index contributed by atoms with van der Waals surface area (Å²) in [6.07, 6.45) is 4.24. The molecule has 2 atom stereocenters. The lowest BCUT2D eigenvalue weighted by Crippen LogP contribution is -2.34. The smallest absolute Gasteiger partial charge is 0.150 e. The number of benzene rings is 1. The summed E-state index contributed by atoms with van der Waals surface area (Å²) in [6.45, 7) is 0. The Morgan fingerprint density at radius 2 is 1.88 bits per heavy atom. The number of aliphatic hydroxyl groups is 1. The van der Waals surface area contributed by atoms with Gasteiger partial charge in [0.25, 0.3) is 0 Å². The van der Waals surface area contributed by atoms with Crippen LogP contribution in [0.5, 0.6) is 5.75 Å². The maximum Gasteiger partial charge on any atom is 0.150 e. The molecule has 1 fully saturated rings. The van der Waals surface area contributed by atoms with Crippen molar-refractivity contribution >= 4 is 6.29 Å². The molecule has 0 amide bonds. The molecule has 0 saturated heterocycles. The number of hydrogen-bond donors (Lipinski definition) is 1. The van der Waals surface area contributed by atoms with Crippen molar-refractivity contribution in [1.29, 1.82) is 0 Å². The maximum atomic E-state index is 10.5. The Labute approximate surface area is 95.0 Å². The Hall–Kier alpha value is -1.35. The van der Waals surface area contributed by atoms with Gasteiger partial charge in [0.15, 0.2) is 0 Å². The van der Waals surface area contributed by atoms with E-state index in [9.17, 15) is 9.90 Å². The number of carbonyl (C=O) groups is 1. The molecule has 1 aromatic carbocycles. The second-order valence-corrected chi connectivity index (χ2v) is 4.19. The van der Waals surface area contributed by atoms with Crippen molar-refractivity contribution in [2.75, 3.05) is 0 Å². The summed E-state index contributed by atoms with van der Waals surface area (Å²) in [5.74, 6) is 0.719. The highest BCUT2D eigenvalue weighted by Gasteiger charge is 2.24. The van der Waals surface area contributed by atoms with Gasteiger partial charge in [-0.1, -0.05) is 6.42 Å². The molecule has 3 nitrogen and oxygen atoms in total.